The zero-order chi connectivity index (χ0) is 17.1. The Balaban J connectivity index is 1.86. The Morgan fingerprint density at radius 2 is 2.04 bits per heavy atom. The van der Waals surface area contributed by atoms with Crippen molar-refractivity contribution in [2.24, 2.45) is 4.99 Å². The Bertz CT molecular complexity index is 847. The molecule has 1 aromatic heterocycles. The summed E-state index contributed by atoms with van der Waals surface area (Å²) in [6.07, 6.45) is 4.96. The van der Waals surface area contributed by atoms with E-state index in [0.29, 0.717) is 21.3 Å². The molecule has 0 radical (unpaired) electrons. The Morgan fingerprint density at radius 3 is 2.67 bits per heavy atom. The summed E-state index contributed by atoms with van der Waals surface area (Å²) in [4.78, 5) is 32.9. The van der Waals surface area contributed by atoms with E-state index in [0.717, 1.165) is 0 Å². The fourth-order valence-corrected chi connectivity index (χ4v) is 3.01. The highest BCUT2D eigenvalue weighted by atomic mass is 32.2. The molecule has 1 amide bonds. The summed E-state index contributed by atoms with van der Waals surface area (Å²) in [5.74, 6) is -0.166. The number of benzene rings is 1. The second kappa shape index (κ2) is 6.63. The highest BCUT2D eigenvalue weighted by Crippen LogP contribution is 2.33. The van der Waals surface area contributed by atoms with E-state index < -0.39 is 4.92 Å². The van der Waals surface area contributed by atoms with Gasteiger partial charge in [0.15, 0.2) is 5.17 Å². The molecule has 0 saturated carbocycles. The Morgan fingerprint density at radius 1 is 1.29 bits per heavy atom. The number of nitro benzene ring substituents is 1. The SMILES string of the molecule is CN1C(=O)/C(=C/c2ccc([N+](=O)[O-])cc2)SC1=Nc1cccnc1. The van der Waals surface area contributed by atoms with Crippen molar-refractivity contribution in [3.63, 3.8) is 0 Å². The maximum atomic E-state index is 12.3. The van der Waals surface area contributed by atoms with E-state index in [1.54, 1.807) is 49.8 Å². The van der Waals surface area contributed by atoms with E-state index >= 15 is 0 Å². The molecule has 0 N–H and O–H groups in total. The quantitative estimate of drug-likeness (QED) is 0.486. The molecule has 8 heteroatoms. The number of hydrogen-bond donors (Lipinski definition) is 0. The lowest BCUT2D eigenvalue weighted by Crippen LogP contribution is -2.23. The molecule has 0 bridgehead atoms. The molecule has 120 valence electrons. The summed E-state index contributed by atoms with van der Waals surface area (Å²) in [6, 6.07) is 9.60. The highest BCUT2D eigenvalue weighted by molar-refractivity contribution is 8.18. The second-order valence-corrected chi connectivity index (χ2v) is 5.94. The van der Waals surface area contributed by atoms with Gasteiger partial charge in [0, 0.05) is 25.4 Å². The van der Waals surface area contributed by atoms with Crippen LogP contribution >= 0.6 is 11.8 Å². The third-order valence-corrected chi connectivity index (χ3v) is 4.34. The van der Waals surface area contributed by atoms with Gasteiger partial charge in [-0.2, -0.15) is 0 Å². The van der Waals surface area contributed by atoms with Crippen LogP contribution in [0, 0.1) is 10.1 Å². The standard InChI is InChI=1S/C16H12N4O3S/c1-19-15(21)14(9-11-4-6-13(7-5-11)20(22)23)24-16(19)18-12-3-2-8-17-10-12/h2-10H,1H3/b14-9-,18-16?. The number of carbonyl (C=O) groups excluding carboxylic acids is 1. The first-order valence-corrected chi connectivity index (χ1v) is 7.77. The topological polar surface area (TPSA) is 88.7 Å². The van der Waals surface area contributed by atoms with E-state index in [2.05, 4.69) is 9.98 Å². The van der Waals surface area contributed by atoms with Crippen LogP contribution in [0.25, 0.3) is 6.08 Å². The zero-order valence-corrected chi connectivity index (χ0v) is 13.4. The van der Waals surface area contributed by atoms with Gasteiger partial charge in [-0.1, -0.05) is 0 Å². The van der Waals surface area contributed by atoms with Crippen molar-refractivity contribution < 1.29 is 9.72 Å². The Labute approximate surface area is 141 Å². The minimum atomic E-state index is -0.459. The van der Waals surface area contributed by atoms with Crippen LogP contribution in [0.2, 0.25) is 0 Å². The van der Waals surface area contributed by atoms with Crippen molar-refractivity contribution in [3.8, 4) is 0 Å². The molecule has 1 fully saturated rings. The summed E-state index contributed by atoms with van der Waals surface area (Å²) in [7, 11) is 1.65. The number of carbonyl (C=O) groups is 1. The number of amides is 1. The van der Waals surface area contributed by atoms with E-state index in [4.69, 9.17) is 0 Å². The average molecular weight is 340 g/mol. The van der Waals surface area contributed by atoms with Gasteiger partial charge in [0.05, 0.1) is 21.7 Å². The zero-order valence-electron chi connectivity index (χ0n) is 12.6. The van der Waals surface area contributed by atoms with Crippen LogP contribution in [-0.4, -0.2) is 32.9 Å². The summed E-state index contributed by atoms with van der Waals surface area (Å²) >= 11 is 1.25. The van der Waals surface area contributed by atoms with Gasteiger partial charge in [-0.25, -0.2) is 4.99 Å². The van der Waals surface area contributed by atoms with E-state index in [9.17, 15) is 14.9 Å². The normalized spacial score (nSPS) is 17.7. The number of thioether (sulfide) groups is 1. The molecule has 0 atom stereocenters. The van der Waals surface area contributed by atoms with E-state index in [-0.39, 0.29) is 11.6 Å². The monoisotopic (exact) mass is 340 g/mol. The number of likely N-dealkylation sites (N-methyl/N-ethyl adjacent to an activating group) is 1. The van der Waals surface area contributed by atoms with Gasteiger partial charge >= 0.3 is 0 Å². The van der Waals surface area contributed by atoms with Crippen LogP contribution in [0.15, 0.2) is 58.7 Å². The van der Waals surface area contributed by atoms with Crippen molar-refractivity contribution in [2.45, 2.75) is 0 Å². The first-order chi connectivity index (χ1) is 11.5. The molecular weight excluding hydrogens is 328 g/mol. The van der Waals surface area contributed by atoms with Crippen LogP contribution in [0.1, 0.15) is 5.56 Å². The smallest absolute Gasteiger partial charge is 0.269 e. The molecule has 2 heterocycles. The Hall–Kier alpha value is -3.00. The first kappa shape index (κ1) is 15.9. The third-order valence-electron chi connectivity index (χ3n) is 3.28. The van der Waals surface area contributed by atoms with Crippen molar-refractivity contribution in [2.75, 3.05) is 7.05 Å². The lowest BCUT2D eigenvalue weighted by molar-refractivity contribution is -0.384. The molecular formula is C16H12N4O3S. The summed E-state index contributed by atoms with van der Waals surface area (Å²) in [6.45, 7) is 0. The van der Waals surface area contributed by atoms with Crippen molar-refractivity contribution in [1.29, 1.82) is 0 Å². The molecule has 1 saturated heterocycles. The molecule has 0 aliphatic carbocycles. The predicted molar refractivity (Wildman–Crippen MR) is 92.8 cm³/mol. The van der Waals surface area contributed by atoms with Crippen LogP contribution in [-0.2, 0) is 4.79 Å². The van der Waals surface area contributed by atoms with Gasteiger partial charge in [0.2, 0.25) is 0 Å². The fraction of sp³-hybridized carbons (Fsp3) is 0.0625. The number of non-ortho nitro benzene ring substituents is 1. The molecule has 1 aliphatic rings. The molecule has 24 heavy (non-hydrogen) atoms. The number of aromatic nitrogens is 1. The second-order valence-electron chi connectivity index (χ2n) is 4.93. The van der Waals surface area contributed by atoms with Gasteiger partial charge in [-0.3, -0.25) is 24.8 Å². The fourth-order valence-electron chi connectivity index (χ4n) is 2.03. The maximum Gasteiger partial charge on any atom is 0.269 e. The largest absolute Gasteiger partial charge is 0.290 e. The lowest BCUT2D eigenvalue weighted by atomic mass is 10.2. The van der Waals surface area contributed by atoms with Crippen LogP contribution in [0.4, 0.5) is 11.4 Å². The molecule has 0 unspecified atom stereocenters. The number of nitrogens with zero attached hydrogens (tertiary/aromatic N) is 4. The number of amidine groups is 1. The van der Waals surface area contributed by atoms with E-state index in [1.807, 2.05) is 0 Å². The average Bonchev–Trinajstić information content (AvgIpc) is 2.84. The highest BCUT2D eigenvalue weighted by Gasteiger charge is 2.30. The number of nitro groups is 1. The molecule has 7 nitrogen and oxygen atoms in total. The maximum absolute atomic E-state index is 12.3. The minimum absolute atomic E-state index is 0.0125. The number of rotatable bonds is 3. The number of pyridine rings is 1. The van der Waals surface area contributed by atoms with Gasteiger partial charge < -0.3 is 0 Å². The van der Waals surface area contributed by atoms with Gasteiger partial charge in [0.1, 0.15) is 0 Å². The minimum Gasteiger partial charge on any atom is -0.290 e. The van der Waals surface area contributed by atoms with Crippen LogP contribution < -0.4 is 0 Å². The number of aliphatic imine (C=N–C) groups is 1. The predicted octanol–water partition coefficient (Wildman–Crippen LogP) is 3.22. The number of hydrogen-bond acceptors (Lipinski definition) is 6. The Kier molecular flexibility index (Phi) is 4.39. The van der Waals surface area contributed by atoms with Crippen LogP contribution in [0.5, 0.6) is 0 Å². The van der Waals surface area contributed by atoms with Crippen molar-refractivity contribution in [3.05, 3.63) is 69.4 Å². The van der Waals surface area contributed by atoms with Gasteiger partial charge in [-0.05, 0) is 47.7 Å². The van der Waals surface area contributed by atoms with Gasteiger partial charge in [0.25, 0.3) is 11.6 Å². The van der Waals surface area contributed by atoms with Crippen molar-refractivity contribution in [1.82, 2.24) is 9.88 Å². The van der Waals surface area contributed by atoms with Crippen molar-refractivity contribution >= 4 is 40.3 Å². The summed E-state index contributed by atoms with van der Waals surface area (Å²) in [5, 5.41) is 11.2. The third kappa shape index (κ3) is 3.33. The van der Waals surface area contributed by atoms with E-state index in [1.165, 1.54) is 28.8 Å². The molecule has 0 spiro atoms. The summed E-state index contributed by atoms with van der Waals surface area (Å²) < 4.78 is 0. The van der Waals surface area contributed by atoms with Crippen LogP contribution in [0.3, 0.4) is 0 Å². The molecule has 2 aromatic rings. The lowest BCUT2D eigenvalue weighted by Gasteiger charge is -2.06. The summed E-state index contributed by atoms with van der Waals surface area (Å²) in [5.41, 5.74) is 1.39. The molecule has 3 rings (SSSR count). The first-order valence-electron chi connectivity index (χ1n) is 6.95. The van der Waals surface area contributed by atoms with Gasteiger partial charge in [-0.15, -0.1) is 0 Å². The molecule has 1 aliphatic heterocycles. The molecule has 1 aromatic carbocycles.